The van der Waals surface area contributed by atoms with Crippen LogP contribution in [0.3, 0.4) is 0 Å². The Morgan fingerprint density at radius 2 is 1.67 bits per heavy atom. The number of methoxy groups -OCH3 is 2. The molecule has 7 nitrogen and oxygen atoms in total. The molecule has 3 rings (SSSR count). The maximum absolute atomic E-state index is 13.8. The van der Waals surface area contributed by atoms with Gasteiger partial charge in [0.25, 0.3) is 10.0 Å². The van der Waals surface area contributed by atoms with E-state index < -0.39 is 22.5 Å². The van der Waals surface area contributed by atoms with E-state index in [1.54, 1.807) is 55.5 Å². The van der Waals surface area contributed by atoms with Crippen LogP contribution in [0.25, 0.3) is 0 Å². The van der Waals surface area contributed by atoms with Crippen molar-refractivity contribution in [3.63, 3.8) is 0 Å². The number of rotatable bonds is 8. The third-order valence-electron chi connectivity index (χ3n) is 5.00. The van der Waals surface area contributed by atoms with Crippen LogP contribution in [-0.2, 0) is 14.8 Å². The summed E-state index contributed by atoms with van der Waals surface area (Å²) >= 11 is 6.28. The number of sulfonamides is 1. The Balaban J connectivity index is 2.06. The molecule has 0 radical (unpaired) electrons. The second-order valence-electron chi connectivity index (χ2n) is 7.35. The van der Waals surface area contributed by atoms with Crippen LogP contribution in [0.15, 0.2) is 65.6 Å². The highest BCUT2D eigenvalue weighted by molar-refractivity contribution is 7.93. The van der Waals surface area contributed by atoms with E-state index in [4.69, 9.17) is 21.1 Å². The number of benzene rings is 3. The highest BCUT2D eigenvalue weighted by atomic mass is 35.5. The standard InChI is InChI=1S/C24H25ClN2O5S/c1-16-9-12-22(32-4)23(13-16)33(29,30)27(18-11-10-17(2)19(25)14-18)15-24(28)26-20-7-5-6-8-21(20)31-3/h5-14H,15H2,1-4H3,(H,26,28). The average molecular weight is 489 g/mol. The fourth-order valence-electron chi connectivity index (χ4n) is 3.22. The number of amides is 1. The Hall–Kier alpha value is -3.23. The number of para-hydroxylation sites is 2. The van der Waals surface area contributed by atoms with Crippen molar-refractivity contribution in [1.82, 2.24) is 0 Å². The van der Waals surface area contributed by atoms with Crippen LogP contribution in [0.5, 0.6) is 11.5 Å². The van der Waals surface area contributed by atoms with Gasteiger partial charge in [-0.2, -0.15) is 0 Å². The first-order valence-corrected chi connectivity index (χ1v) is 11.9. The van der Waals surface area contributed by atoms with Crippen LogP contribution in [-0.4, -0.2) is 35.1 Å². The molecule has 1 amide bonds. The third-order valence-corrected chi connectivity index (χ3v) is 7.20. The van der Waals surface area contributed by atoms with Gasteiger partial charge in [-0.3, -0.25) is 9.10 Å². The molecule has 0 saturated carbocycles. The number of anilines is 2. The first-order chi connectivity index (χ1) is 15.7. The van der Waals surface area contributed by atoms with Crippen molar-refractivity contribution < 1.29 is 22.7 Å². The fourth-order valence-corrected chi connectivity index (χ4v) is 5.06. The minimum atomic E-state index is -4.19. The summed E-state index contributed by atoms with van der Waals surface area (Å²) in [5, 5.41) is 3.10. The normalized spacial score (nSPS) is 11.1. The highest BCUT2D eigenvalue weighted by Gasteiger charge is 2.30. The lowest BCUT2D eigenvalue weighted by atomic mass is 10.2. The van der Waals surface area contributed by atoms with Gasteiger partial charge in [0, 0.05) is 5.02 Å². The molecule has 0 aromatic heterocycles. The monoisotopic (exact) mass is 488 g/mol. The van der Waals surface area contributed by atoms with Gasteiger partial charge in [-0.05, 0) is 61.4 Å². The number of hydrogen-bond acceptors (Lipinski definition) is 5. The quantitative estimate of drug-likeness (QED) is 0.492. The molecule has 9 heteroatoms. The van der Waals surface area contributed by atoms with E-state index in [0.29, 0.717) is 16.5 Å². The zero-order chi connectivity index (χ0) is 24.2. The first-order valence-electron chi connectivity index (χ1n) is 10.0. The smallest absolute Gasteiger partial charge is 0.268 e. The summed E-state index contributed by atoms with van der Waals surface area (Å²) in [7, 11) is -1.31. The van der Waals surface area contributed by atoms with Gasteiger partial charge in [-0.15, -0.1) is 0 Å². The second kappa shape index (κ2) is 10.1. The molecule has 0 fully saturated rings. The zero-order valence-corrected chi connectivity index (χ0v) is 20.3. The molecule has 0 saturated heterocycles. The van der Waals surface area contributed by atoms with E-state index >= 15 is 0 Å². The summed E-state index contributed by atoms with van der Waals surface area (Å²) in [6.07, 6.45) is 0. The molecule has 0 atom stereocenters. The molecule has 1 N–H and O–H groups in total. The molecular formula is C24H25ClN2O5S. The van der Waals surface area contributed by atoms with Crippen LogP contribution in [0.4, 0.5) is 11.4 Å². The Bertz CT molecular complexity index is 1280. The predicted molar refractivity (Wildman–Crippen MR) is 130 cm³/mol. The van der Waals surface area contributed by atoms with E-state index in [1.165, 1.54) is 26.4 Å². The van der Waals surface area contributed by atoms with E-state index in [1.807, 2.05) is 6.92 Å². The van der Waals surface area contributed by atoms with E-state index in [0.717, 1.165) is 15.4 Å². The van der Waals surface area contributed by atoms with Gasteiger partial charge in [0.2, 0.25) is 5.91 Å². The molecule has 0 aliphatic carbocycles. The summed E-state index contributed by atoms with van der Waals surface area (Å²) in [6, 6.07) is 16.5. The Kier molecular flexibility index (Phi) is 7.50. The average Bonchev–Trinajstić information content (AvgIpc) is 2.79. The Labute approximate surface area is 198 Å². The summed E-state index contributed by atoms with van der Waals surface area (Å²) in [6.45, 7) is 3.10. The molecule has 0 aliphatic heterocycles. The molecule has 0 spiro atoms. The van der Waals surface area contributed by atoms with Gasteiger partial charge in [-0.25, -0.2) is 8.42 Å². The molecule has 33 heavy (non-hydrogen) atoms. The number of nitrogens with one attached hydrogen (secondary N) is 1. The SMILES string of the molecule is COc1ccccc1NC(=O)CN(c1ccc(C)c(Cl)c1)S(=O)(=O)c1cc(C)ccc1OC. The number of hydrogen-bond donors (Lipinski definition) is 1. The van der Waals surface area contributed by atoms with Crippen molar-refractivity contribution in [3.05, 3.63) is 76.8 Å². The molecule has 3 aromatic rings. The van der Waals surface area contributed by atoms with E-state index in [-0.39, 0.29) is 16.3 Å². The van der Waals surface area contributed by atoms with Gasteiger partial charge < -0.3 is 14.8 Å². The number of ether oxygens (including phenoxy) is 2. The van der Waals surface area contributed by atoms with Crippen LogP contribution in [0, 0.1) is 13.8 Å². The molecule has 0 heterocycles. The van der Waals surface area contributed by atoms with Crippen molar-refractivity contribution in [2.75, 3.05) is 30.4 Å². The van der Waals surface area contributed by atoms with Gasteiger partial charge in [-0.1, -0.05) is 35.9 Å². The second-order valence-corrected chi connectivity index (χ2v) is 9.59. The molecule has 174 valence electrons. The highest BCUT2D eigenvalue weighted by Crippen LogP contribution is 2.33. The predicted octanol–water partition coefficient (Wildman–Crippen LogP) is 4.81. The van der Waals surface area contributed by atoms with Crippen LogP contribution < -0.4 is 19.1 Å². The fraction of sp³-hybridized carbons (Fsp3) is 0.208. The van der Waals surface area contributed by atoms with Gasteiger partial charge in [0.1, 0.15) is 22.9 Å². The molecule has 0 unspecified atom stereocenters. The topological polar surface area (TPSA) is 84.9 Å². The number of carbonyl (C=O) groups is 1. The lowest BCUT2D eigenvalue weighted by molar-refractivity contribution is -0.114. The zero-order valence-electron chi connectivity index (χ0n) is 18.8. The Morgan fingerprint density at radius 1 is 0.970 bits per heavy atom. The van der Waals surface area contributed by atoms with Crippen molar-refractivity contribution in [2.24, 2.45) is 0 Å². The van der Waals surface area contributed by atoms with E-state index in [9.17, 15) is 13.2 Å². The minimum Gasteiger partial charge on any atom is -0.495 e. The maximum atomic E-state index is 13.8. The number of carbonyl (C=O) groups excluding carboxylic acids is 1. The summed E-state index contributed by atoms with van der Waals surface area (Å²) in [4.78, 5) is 12.9. The van der Waals surface area contributed by atoms with Crippen LogP contribution in [0.2, 0.25) is 5.02 Å². The molecule has 0 bridgehead atoms. The van der Waals surface area contributed by atoms with E-state index in [2.05, 4.69) is 5.32 Å². The number of halogens is 1. The Morgan fingerprint density at radius 3 is 2.33 bits per heavy atom. The van der Waals surface area contributed by atoms with Gasteiger partial charge in [0.15, 0.2) is 0 Å². The minimum absolute atomic E-state index is 0.0493. The molecule has 0 aliphatic rings. The number of nitrogens with zero attached hydrogens (tertiary/aromatic N) is 1. The van der Waals surface area contributed by atoms with Crippen molar-refractivity contribution in [3.8, 4) is 11.5 Å². The summed E-state index contributed by atoms with van der Waals surface area (Å²) < 4.78 is 39.1. The van der Waals surface area contributed by atoms with Crippen molar-refractivity contribution in [2.45, 2.75) is 18.7 Å². The van der Waals surface area contributed by atoms with Gasteiger partial charge >= 0.3 is 0 Å². The largest absolute Gasteiger partial charge is 0.495 e. The van der Waals surface area contributed by atoms with Crippen molar-refractivity contribution >= 4 is 38.9 Å². The summed E-state index contributed by atoms with van der Waals surface area (Å²) in [5.41, 5.74) is 2.20. The lowest BCUT2D eigenvalue weighted by Crippen LogP contribution is -2.38. The van der Waals surface area contributed by atoms with Crippen LogP contribution in [0.1, 0.15) is 11.1 Å². The molecular weight excluding hydrogens is 464 g/mol. The van der Waals surface area contributed by atoms with Gasteiger partial charge in [0.05, 0.1) is 25.6 Å². The van der Waals surface area contributed by atoms with Crippen LogP contribution >= 0.6 is 11.6 Å². The molecule has 3 aromatic carbocycles. The first kappa shape index (κ1) is 24.4. The third kappa shape index (κ3) is 5.40. The summed E-state index contributed by atoms with van der Waals surface area (Å²) in [5.74, 6) is 0.0827. The maximum Gasteiger partial charge on any atom is 0.268 e. The number of aryl methyl sites for hydroxylation is 2. The lowest BCUT2D eigenvalue weighted by Gasteiger charge is -2.25. The van der Waals surface area contributed by atoms with Crippen molar-refractivity contribution in [1.29, 1.82) is 0 Å².